The lowest BCUT2D eigenvalue weighted by Crippen LogP contribution is -2.39. The highest BCUT2D eigenvalue weighted by Crippen LogP contribution is 2.15. The van der Waals surface area contributed by atoms with Crippen molar-refractivity contribution in [1.82, 2.24) is 15.5 Å². The van der Waals surface area contributed by atoms with Crippen LogP contribution in [0.2, 0.25) is 0 Å². The Morgan fingerprint density at radius 2 is 1.90 bits per heavy atom. The molecule has 0 saturated heterocycles. The van der Waals surface area contributed by atoms with Crippen LogP contribution in [-0.4, -0.2) is 63.1 Å². The number of guanidine groups is 1. The van der Waals surface area contributed by atoms with E-state index in [1.165, 1.54) is 18.6 Å². The summed E-state index contributed by atoms with van der Waals surface area (Å²) in [6.45, 7) is 10.4. The maximum Gasteiger partial charge on any atom is 0.191 e. The van der Waals surface area contributed by atoms with Gasteiger partial charge in [-0.2, -0.15) is 11.8 Å². The van der Waals surface area contributed by atoms with E-state index < -0.39 is 0 Å². The molecule has 0 aliphatic carbocycles. The molecule has 0 bridgehead atoms. The molecule has 0 aromatic rings. The molecular formula is C15H34N4S. The fourth-order valence-corrected chi connectivity index (χ4v) is 2.61. The average Bonchev–Trinajstić information content (AvgIpc) is 2.34. The third kappa shape index (κ3) is 11.4. The summed E-state index contributed by atoms with van der Waals surface area (Å²) in [6.07, 6.45) is 4.62. The monoisotopic (exact) mass is 302 g/mol. The molecule has 0 atom stereocenters. The predicted molar refractivity (Wildman–Crippen MR) is 93.9 cm³/mol. The third-order valence-electron chi connectivity index (χ3n) is 2.82. The number of aliphatic imine (C=N–C) groups is 1. The van der Waals surface area contributed by atoms with E-state index in [0.717, 1.165) is 32.1 Å². The molecule has 0 rings (SSSR count). The zero-order valence-corrected chi connectivity index (χ0v) is 15.1. The van der Waals surface area contributed by atoms with Gasteiger partial charge < -0.3 is 15.5 Å². The summed E-state index contributed by atoms with van der Waals surface area (Å²) in [7, 11) is 4.22. The van der Waals surface area contributed by atoms with E-state index in [-0.39, 0.29) is 5.41 Å². The van der Waals surface area contributed by atoms with E-state index in [0.29, 0.717) is 0 Å². The molecule has 0 spiro atoms. The Morgan fingerprint density at radius 1 is 1.20 bits per heavy atom. The van der Waals surface area contributed by atoms with Crippen LogP contribution in [-0.2, 0) is 0 Å². The van der Waals surface area contributed by atoms with Crippen molar-refractivity contribution in [2.45, 2.75) is 33.6 Å². The molecule has 2 N–H and O–H groups in total. The summed E-state index contributed by atoms with van der Waals surface area (Å²) in [5, 5.41) is 6.74. The molecule has 0 aromatic carbocycles. The van der Waals surface area contributed by atoms with Gasteiger partial charge in [0.15, 0.2) is 5.96 Å². The van der Waals surface area contributed by atoms with Crippen LogP contribution in [0.3, 0.4) is 0 Å². The zero-order chi connectivity index (χ0) is 15.4. The number of nitrogens with one attached hydrogen (secondary N) is 2. The second kappa shape index (κ2) is 11.3. The molecular weight excluding hydrogens is 268 g/mol. The first-order chi connectivity index (χ1) is 9.41. The molecule has 120 valence electrons. The molecule has 0 unspecified atom stereocenters. The summed E-state index contributed by atoms with van der Waals surface area (Å²) >= 11 is 1.91. The lowest BCUT2D eigenvalue weighted by atomic mass is 9.93. The van der Waals surface area contributed by atoms with Gasteiger partial charge in [-0.25, -0.2) is 0 Å². The summed E-state index contributed by atoms with van der Waals surface area (Å²) in [5.41, 5.74) is 0.199. The average molecular weight is 303 g/mol. The number of hydrogen-bond acceptors (Lipinski definition) is 3. The van der Waals surface area contributed by atoms with Crippen molar-refractivity contribution < 1.29 is 0 Å². The second-order valence-corrected chi connectivity index (χ2v) is 7.21. The molecule has 0 amide bonds. The molecule has 20 heavy (non-hydrogen) atoms. The Bertz CT molecular complexity index is 265. The first kappa shape index (κ1) is 19.6. The van der Waals surface area contributed by atoms with Crippen molar-refractivity contribution in [2.24, 2.45) is 10.4 Å². The maximum absolute atomic E-state index is 4.72. The van der Waals surface area contributed by atoms with Gasteiger partial charge in [-0.15, -0.1) is 0 Å². The minimum Gasteiger partial charge on any atom is -0.357 e. The van der Waals surface area contributed by atoms with E-state index in [2.05, 4.69) is 56.7 Å². The van der Waals surface area contributed by atoms with Crippen molar-refractivity contribution in [3.05, 3.63) is 0 Å². The second-order valence-electron chi connectivity index (χ2n) is 6.22. The van der Waals surface area contributed by atoms with Crippen LogP contribution in [0, 0.1) is 5.41 Å². The van der Waals surface area contributed by atoms with Crippen molar-refractivity contribution >= 4 is 17.7 Å². The number of rotatable bonds is 10. The van der Waals surface area contributed by atoms with Gasteiger partial charge in [0.25, 0.3) is 0 Å². The minimum atomic E-state index is 0.199. The lowest BCUT2D eigenvalue weighted by Gasteiger charge is -2.26. The summed E-state index contributed by atoms with van der Waals surface area (Å²) in [5.74, 6) is 2.19. The van der Waals surface area contributed by atoms with Crippen LogP contribution in [0.4, 0.5) is 0 Å². The summed E-state index contributed by atoms with van der Waals surface area (Å²) in [4.78, 5) is 6.94. The Balaban J connectivity index is 4.18. The van der Waals surface area contributed by atoms with Gasteiger partial charge in [-0.05, 0) is 51.3 Å². The van der Waals surface area contributed by atoms with E-state index in [4.69, 9.17) is 4.99 Å². The maximum atomic E-state index is 4.72. The van der Waals surface area contributed by atoms with Crippen LogP contribution in [0.5, 0.6) is 0 Å². The van der Waals surface area contributed by atoms with Crippen LogP contribution >= 0.6 is 11.8 Å². The van der Waals surface area contributed by atoms with Crippen molar-refractivity contribution in [3.8, 4) is 0 Å². The zero-order valence-electron chi connectivity index (χ0n) is 14.3. The van der Waals surface area contributed by atoms with Crippen molar-refractivity contribution in [1.29, 1.82) is 0 Å². The quantitative estimate of drug-likeness (QED) is 0.369. The predicted octanol–water partition coefficient (Wildman–Crippen LogP) is 2.27. The molecule has 0 heterocycles. The molecule has 0 radical (unpaired) electrons. The molecule has 0 aliphatic rings. The molecule has 0 saturated carbocycles. The third-order valence-corrected chi connectivity index (χ3v) is 3.52. The van der Waals surface area contributed by atoms with Gasteiger partial charge in [-0.1, -0.05) is 13.8 Å². The highest BCUT2D eigenvalue weighted by molar-refractivity contribution is 7.98. The molecule has 0 aliphatic heterocycles. The van der Waals surface area contributed by atoms with E-state index in [1.54, 1.807) is 0 Å². The Hall–Kier alpha value is -0.420. The Labute approximate surface area is 130 Å². The van der Waals surface area contributed by atoms with Gasteiger partial charge >= 0.3 is 0 Å². The fourth-order valence-electron chi connectivity index (χ4n) is 2.12. The normalized spacial score (nSPS) is 12.8. The Kier molecular flexibility index (Phi) is 11.0. The lowest BCUT2D eigenvalue weighted by molar-refractivity contribution is 0.248. The first-order valence-electron chi connectivity index (χ1n) is 7.57. The van der Waals surface area contributed by atoms with E-state index in [1.807, 2.05) is 11.8 Å². The van der Waals surface area contributed by atoms with Crippen LogP contribution in [0.15, 0.2) is 4.99 Å². The van der Waals surface area contributed by atoms with Gasteiger partial charge in [-0.3, -0.25) is 4.99 Å². The smallest absolute Gasteiger partial charge is 0.191 e. The summed E-state index contributed by atoms with van der Waals surface area (Å²) in [6, 6.07) is 0. The van der Waals surface area contributed by atoms with Gasteiger partial charge in [0.2, 0.25) is 0 Å². The number of unbranched alkanes of at least 4 members (excludes halogenated alkanes) is 1. The van der Waals surface area contributed by atoms with Gasteiger partial charge in [0.05, 0.1) is 0 Å². The first-order valence-corrected chi connectivity index (χ1v) is 8.96. The standard InChI is InChI=1S/C15H34N4S/c1-7-16-14(17-10-8-9-11-20-6)18-12-15(2,3)13-19(4)5/h7-13H2,1-6H3,(H2,16,17,18). The molecule has 4 nitrogen and oxygen atoms in total. The molecule has 0 aromatic heterocycles. The fraction of sp³-hybridized carbons (Fsp3) is 0.933. The van der Waals surface area contributed by atoms with Crippen molar-refractivity contribution in [3.63, 3.8) is 0 Å². The van der Waals surface area contributed by atoms with Gasteiger partial charge in [0, 0.05) is 26.2 Å². The van der Waals surface area contributed by atoms with Crippen LogP contribution in [0.25, 0.3) is 0 Å². The SMILES string of the molecule is CCNC(=NCC(C)(C)CN(C)C)NCCCCSC. The minimum absolute atomic E-state index is 0.199. The van der Waals surface area contributed by atoms with E-state index >= 15 is 0 Å². The van der Waals surface area contributed by atoms with Crippen LogP contribution < -0.4 is 10.6 Å². The van der Waals surface area contributed by atoms with E-state index in [9.17, 15) is 0 Å². The number of hydrogen-bond donors (Lipinski definition) is 2. The summed E-state index contributed by atoms with van der Waals surface area (Å²) < 4.78 is 0. The van der Waals surface area contributed by atoms with Crippen LogP contribution in [0.1, 0.15) is 33.6 Å². The van der Waals surface area contributed by atoms with Crippen molar-refractivity contribution in [2.75, 3.05) is 52.3 Å². The largest absolute Gasteiger partial charge is 0.357 e. The van der Waals surface area contributed by atoms with Gasteiger partial charge in [0.1, 0.15) is 0 Å². The Morgan fingerprint density at radius 3 is 2.45 bits per heavy atom. The number of thioether (sulfide) groups is 1. The topological polar surface area (TPSA) is 39.7 Å². The molecule has 5 heteroatoms. The molecule has 0 fully saturated rings. The highest BCUT2D eigenvalue weighted by atomic mass is 32.2. The number of nitrogens with zero attached hydrogens (tertiary/aromatic N) is 2. The highest BCUT2D eigenvalue weighted by Gasteiger charge is 2.18.